The lowest BCUT2D eigenvalue weighted by molar-refractivity contribution is 0.0952. The Bertz CT molecular complexity index is 1610. The van der Waals surface area contributed by atoms with Crippen LogP contribution in [0.15, 0.2) is 67.0 Å². The lowest BCUT2D eigenvalue weighted by atomic mass is 10.1. The maximum Gasteiger partial charge on any atom is 0.252 e. The Hall–Kier alpha value is -4.21. The molecule has 2 aromatic heterocycles. The number of piperidine rings is 1. The minimum absolute atomic E-state index is 0.156. The smallest absolute Gasteiger partial charge is 0.252 e. The molecule has 0 saturated carbocycles. The van der Waals surface area contributed by atoms with Gasteiger partial charge in [-0.25, -0.2) is 9.97 Å². The van der Waals surface area contributed by atoms with Crippen LogP contribution in [0.2, 0.25) is 5.02 Å². The summed E-state index contributed by atoms with van der Waals surface area (Å²) in [6.07, 6.45) is 5.49. The molecule has 1 amide bonds. The highest BCUT2D eigenvalue weighted by Crippen LogP contribution is 2.29. The molecule has 4 N–H and O–H groups in total. The Morgan fingerprint density at radius 2 is 1.95 bits per heavy atom. The zero-order chi connectivity index (χ0) is 25.9. The van der Waals surface area contributed by atoms with Crippen LogP contribution in [0.25, 0.3) is 21.8 Å². The molecule has 1 fully saturated rings. The van der Waals surface area contributed by atoms with Gasteiger partial charge in [0.2, 0.25) is 5.95 Å². The summed E-state index contributed by atoms with van der Waals surface area (Å²) in [4.78, 5) is 22.4. The van der Waals surface area contributed by atoms with Crippen molar-refractivity contribution in [3.8, 4) is 5.75 Å². The van der Waals surface area contributed by atoms with E-state index in [0.29, 0.717) is 28.8 Å². The topological polar surface area (TPSA) is 117 Å². The number of H-pyrrole nitrogens is 1. The van der Waals surface area contributed by atoms with Gasteiger partial charge in [-0.3, -0.25) is 9.89 Å². The van der Waals surface area contributed by atoms with Crippen molar-refractivity contribution in [1.82, 2.24) is 30.8 Å². The molecule has 1 aliphatic heterocycles. The minimum Gasteiger partial charge on any atom is -0.488 e. The third kappa shape index (κ3) is 5.25. The third-order valence-electron chi connectivity index (χ3n) is 6.56. The number of fused-ring (bicyclic) bond motifs is 2. The van der Waals surface area contributed by atoms with Crippen LogP contribution in [0.5, 0.6) is 5.75 Å². The quantitative estimate of drug-likeness (QED) is 0.236. The van der Waals surface area contributed by atoms with Crippen LogP contribution >= 0.6 is 11.6 Å². The zero-order valence-electron chi connectivity index (χ0n) is 20.5. The van der Waals surface area contributed by atoms with Gasteiger partial charge in [0, 0.05) is 34.2 Å². The van der Waals surface area contributed by atoms with Crippen molar-refractivity contribution in [2.75, 3.05) is 18.4 Å². The Morgan fingerprint density at radius 3 is 2.82 bits per heavy atom. The van der Waals surface area contributed by atoms with E-state index in [-0.39, 0.29) is 12.0 Å². The van der Waals surface area contributed by atoms with E-state index >= 15 is 0 Å². The highest BCUT2D eigenvalue weighted by molar-refractivity contribution is 6.30. The zero-order valence-corrected chi connectivity index (χ0v) is 21.3. The molecule has 0 aliphatic carbocycles. The fraction of sp³-hybridized carbons (Fsp3) is 0.214. The number of hydrogen-bond acceptors (Lipinski definition) is 7. The number of anilines is 2. The molecule has 1 aliphatic rings. The fourth-order valence-corrected chi connectivity index (χ4v) is 4.85. The number of nitrogens with zero attached hydrogens (tertiary/aromatic N) is 3. The highest BCUT2D eigenvalue weighted by atomic mass is 35.5. The van der Waals surface area contributed by atoms with E-state index in [2.05, 4.69) is 31.1 Å². The number of para-hydroxylation sites is 1. The van der Waals surface area contributed by atoms with Crippen LogP contribution in [0, 0.1) is 0 Å². The van der Waals surface area contributed by atoms with Crippen molar-refractivity contribution in [1.29, 1.82) is 0 Å². The summed E-state index contributed by atoms with van der Waals surface area (Å²) in [6.45, 7) is 2.24. The van der Waals surface area contributed by atoms with Gasteiger partial charge in [-0.1, -0.05) is 35.9 Å². The summed E-state index contributed by atoms with van der Waals surface area (Å²) < 4.78 is 6.31. The Morgan fingerprint density at radius 1 is 1.08 bits per heavy atom. The second-order valence-electron chi connectivity index (χ2n) is 9.25. The predicted octanol–water partition coefficient (Wildman–Crippen LogP) is 4.96. The predicted molar refractivity (Wildman–Crippen MR) is 148 cm³/mol. The molecule has 3 heterocycles. The maximum absolute atomic E-state index is 13.2. The van der Waals surface area contributed by atoms with Crippen LogP contribution in [-0.4, -0.2) is 45.3 Å². The summed E-state index contributed by atoms with van der Waals surface area (Å²) in [7, 11) is 0. The van der Waals surface area contributed by atoms with Crippen LogP contribution in [0.1, 0.15) is 28.8 Å². The van der Waals surface area contributed by atoms with Crippen LogP contribution in [0.3, 0.4) is 0 Å². The monoisotopic (exact) mass is 527 g/mol. The number of hydrogen-bond donors (Lipinski definition) is 4. The Balaban J connectivity index is 1.26. The van der Waals surface area contributed by atoms with Crippen molar-refractivity contribution in [3.05, 3.63) is 83.1 Å². The summed E-state index contributed by atoms with van der Waals surface area (Å²) >= 11 is 6.08. The van der Waals surface area contributed by atoms with Crippen molar-refractivity contribution < 1.29 is 9.53 Å². The molecule has 1 saturated heterocycles. The molecule has 192 valence electrons. The van der Waals surface area contributed by atoms with Crippen LogP contribution < -0.4 is 20.7 Å². The first-order chi connectivity index (χ1) is 18.6. The third-order valence-corrected chi connectivity index (χ3v) is 6.79. The highest BCUT2D eigenvalue weighted by Gasteiger charge is 2.17. The van der Waals surface area contributed by atoms with Crippen molar-refractivity contribution in [3.63, 3.8) is 0 Å². The van der Waals surface area contributed by atoms with E-state index in [1.807, 2.05) is 42.5 Å². The maximum atomic E-state index is 13.2. The lowest BCUT2D eigenvalue weighted by Gasteiger charge is -2.24. The standard InChI is InChI=1S/C28H26ClN7O2/c29-19-5-1-3-17(11-19)14-31-27(37)22-12-20(13-24-23(22)16-33-36-24)34-28-32-15-18-4-2-6-25(26(18)35-28)38-21-7-9-30-10-8-21/h1-6,11-13,15-16,21,30H,7-10,14H2,(H,31,37)(H,33,36)(H,32,34,35). The summed E-state index contributed by atoms with van der Waals surface area (Å²) in [5, 5.41) is 18.9. The lowest BCUT2D eigenvalue weighted by Crippen LogP contribution is -2.34. The molecular formula is C28H26ClN7O2. The summed E-state index contributed by atoms with van der Waals surface area (Å²) in [5.74, 6) is 0.921. The number of carbonyl (C=O) groups is 1. The molecule has 38 heavy (non-hydrogen) atoms. The molecule has 0 atom stereocenters. The first-order valence-corrected chi connectivity index (χ1v) is 12.9. The first kappa shape index (κ1) is 24.1. The second kappa shape index (κ2) is 10.6. The molecule has 0 spiro atoms. The van der Waals surface area contributed by atoms with Crippen LogP contribution in [0.4, 0.5) is 11.6 Å². The number of ether oxygens (including phenoxy) is 1. The van der Waals surface area contributed by atoms with Gasteiger partial charge in [-0.05, 0) is 61.8 Å². The normalized spacial score (nSPS) is 14.0. The molecule has 0 bridgehead atoms. The summed E-state index contributed by atoms with van der Waals surface area (Å²) in [6, 6.07) is 16.9. The number of benzene rings is 3. The van der Waals surface area contributed by atoms with Crippen molar-refractivity contribution in [2.45, 2.75) is 25.5 Å². The minimum atomic E-state index is -0.225. The van der Waals surface area contributed by atoms with Gasteiger partial charge in [0.05, 0.1) is 17.3 Å². The molecule has 0 radical (unpaired) electrons. The first-order valence-electron chi connectivity index (χ1n) is 12.5. The number of amides is 1. The number of halogens is 1. The van der Waals surface area contributed by atoms with Gasteiger partial charge >= 0.3 is 0 Å². The fourth-order valence-electron chi connectivity index (χ4n) is 4.64. The van der Waals surface area contributed by atoms with Crippen molar-refractivity contribution >= 4 is 50.9 Å². The molecule has 6 rings (SSSR count). The number of rotatable bonds is 7. The number of aromatic amines is 1. The van der Waals surface area contributed by atoms with Gasteiger partial charge in [-0.2, -0.15) is 5.10 Å². The largest absolute Gasteiger partial charge is 0.488 e. The number of nitrogens with one attached hydrogen (secondary N) is 4. The van der Waals surface area contributed by atoms with Gasteiger partial charge < -0.3 is 20.7 Å². The van der Waals surface area contributed by atoms with E-state index in [1.165, 1.54) is 0 Å². The molecule has 5 aromatic rings. The molecule has 0 unspecified atom stereocenters. The Kier molecular flexibility index (Phi) is 6.76. The SMILES string of the molecule is O=C(NCc1cccc(Cl)c1)c1cc(Nc2ncc3cccc(OC4CCNCC4)c3n2)cc2[nH]ncc12. The number of aromatic nitrogens is 4. The van der Waals surface area contributed by atoms with Crippen molar-refractivity contribution in [2.24, 2.45) is 0 Å². The van der Waals surface area contributed by atoms with E-state index < -0.39 is 0 Å². The van der Waals surface area contributed by atoms with Crippen LogP contribution in [-0.2, 0) is 6.54 Å². The second-order valence-corrected chi connectivity index (χ2v) is 9.68. The molecular weight excluding hydrogens is 502 g/mol. The molecule has 10 heteroatoms. The average molecular weight is 528 g/mol. The number of carbonyl (C=O) groups excluding carboxylic acids is 1. The van der Waals surface area contributed by atoms with E-state index in [9.17, 15) is 4.79 Å². The van der Waals surface area contributed by atoms with Gasteiger partial charge in [0.1, 0.15) is 17.4 Å². The summed E-state index contributed by atoms with van der Waals surface area (Å²) in [5.41, 5.74) is 3.52. The average Bonchev–Trinajstić information content (AvgIpc) is 3.41. The molecule has 3 aromatic carbocycles. The van der Waals surface area contributed by atoms with Gasteiger partial charge in [0.15, 0.2) is 0 Å². The van der Waals surface area contributed by atoms with Gasteiger partial charge in [0.25, 0.3) is 5.91 Å². The van der Waals surface area contributed by atoms with E-state index in [4.69, 9.17) is 21.3 Å². The van der Waals surface area contributed by atoms with Gasteiger partial charge in [-0.15, -0.1) is 0 Å². The Labute approximate surface area is 224 Å². The van der Waals surface area contributed by atoms with E-state index in [1.54, 1.807) is 24.5 Å². The van der Waals surface area contributed by atoms with E-state index in [0.717, 1.165) is 59.0 Å². The molecule has 9 nitrogen and oxygen atoms in total.